The van der Waals surface area contributed by atoms with Crippen LogP contribution in [0.4, 0.5) is 0 Å². The molecule has 0 aliphatic carbocycles. The Hall–Kier alpha value is -1.18. The SMILES string of the molecule is CCCc1cc(OC(C)(C)C)c(CCC)cc1O. The van der Waals surface area contributed by atoms with Crippen molar-refractivity contribution < 1.29 is 9.84 Å². The molecule has 0 bridgehead atoms. The molecule has 0 amide bonds. The highest BCUT2D eigenvalue weighted by molar-refractivity contribution is 5.46. The van der Waals surface area contributed by atoms with E-state index in [1.165, 1.54) is 0 Å². The van der Waals surface area contributed by atoms with E-state index in [2.05, 4.69) is 34.6 Å². The maximum atomic E-state index is 10.0. The number of hydrogen-bond acceptors (Lipinski definition) is 2. The third kappa shape index (κ3) is 4.25. The number of rotatable bonds is 5. The molecule has 2 nitrogen and oxygen atoms in total. The fourth-order valence-corrected chi connectivity index (χ4v) is 2.01. The van der Waals surface area contributed by atoms with Gasteiger partial charge in [-0.05, 0) is 56.9 Å². The first-order valence-electron chi connectivity index (χ1n) is 6.91. The van der Waals surface area contributed by atoms with Crippen LogP contribution in [-0.4, -0.2) is 10.7 Å². The molecular formula is C16H26O2. The van der Waals surface area contributed by atoms with Crippen LogP contribution in [0.25, 0.3) is 0 Å². The van der Waals surface area contributed by atoms with Crippen molar-refractivity contribution >= 4 is 0 Å². The van der Waals surface area contributed by atoms with E-state index >= 15 is 0 Å². The molecule has 0 spiro atoms. The number of aryl methyl sites for hydroxylation is 2. The summed E-state index contributed by atoms with van der Waals surface area (Å²) in [6, 6.07) is 3.88. The molecule has 1 rings (SSSR count). The summed E-state index contributed by atoms with van der Waals surface area (Å²) in [7, 11) is 0. The summed E-state index contributed by atoms with van der Waals surface area (Å²) < 4.78 is 6.02. The van der Waals surface area contributed by atoms with Crippen molar-refractivity contribution in [1.82, 2.24) is 0 Å². The molecule has 0 aliphatic rings. The summed E-state index contributed by atoms with van der Waals surface area (Å²) in [5.74, 6) is 1.33. The van der Waals surface area contributed by atoms with Crippen molar-refractivity contribution in [2.45, 2.75) is 65.9 Å². The van der Waals surface area contributed by atoms with E-state index in [0.717, 1.165) is 42.6 Å². The van der Waals surface area contributed by atoms with Crippen LogP contribution >= 0.6 is 0 Å². The summed E-state index contributed by atoms with van der Waals surface area (Å²) in [5.41, 5.74) is 1.88. The van der Waals surface area contributed by atoms with Crippen molar-refractivity contribution in [3.63, 3.8) is 0 Å². The van der Waals surface area contributed by atoms with Crippen molar-refractivity contribution in [3.8, 4) is 11.5 Å². The van der Waals surface area contributed by atoms with Crippen molar-refractivity contribution in [2.75, 3.05) is 0 Å². The zero-order chi connectivity index (χ0) is 13.8. The van der Waals surface area contributed by atoms with E-state index in [1.54, 1.807) is 0 Å². The molecule has 0 unspecified atom stereocenters. The molecule has 0 radical (unpaired) electrons. The van der Waals surface area contributed by atoms with Crippen LogP contribution in [0.2, 0.25) is 0 Å². The highest BCUT2D eigenvalue weighted by Crippen LogP contribution is 2.32. The number of phenolic OH excluding ortho intramolecular Hbond substituents is 1. The van der Waals surface area contributed by atoms with Gasteiger partial charge in [-0.3, -0.25) is 0 Å². The van der Waals surface area contributed by atoms with Gasteiger partial charge in [0.1, 0.15) is 17.1 Å². The molecule has 1 aromatic carbocycles. The molecule has 0 heterocycles. The van der Waals surface area contributed by atoms with Crippen LogP contribution in [-0.2, 0) is 12.8 Å². The molecule has 102 valence electrons. The maximum Gasteiger partial charge on any atom is 0.123 e. The van der Waals surface area contributed by atoms with E-state index < -0.39 is 0 Å². The van der Waals surface area contributed by atoms with Gasteiger partial charge in [-0.25, -0.2) is 0 Å². The average molecular weight is 250 g/mol. The van der Waals surface area contributed by atoms with Crippen molar-refractivity contribution in [2.24, 2.45) is 0 Å². The normalized spacial score (nSPS) is 11.6. The first-order valence-corrected chi connectivity index (χ1v) is 6.91. The molecular weight excluding hydrogens is 224 g/mol. The minimum atomic E-state index is -0.205. The molecule has 0 aliphatic heterocycles. The number of ether oxygens (including phenoxy) is 1. The monoisotopic (exact) mass is 250 g/mol. The fraction of sp³-hybridized carbons (Fsp3) is 0.625. The van der Waals surface area contributed by atoms with E-state index in [1.807, 2.05) is 12.1 Å². The lowest BCUT2D eigenvalue weighted by Gasteiger charge is -2.24. The smallest absolute Gasteiger partial charge is 0.123 e. The average Bonchev–Trinajstić information content (AvgIpc) is 2.23. The lowest BCUT2D eigenvalue weighted by atomic mass is 10.0. The van der Waals surface area contributed by atoms with E-state index in [4.69, 9.17) is 4.74 Å². The zero-order valence-electron chi connectivity index (χ0n) is 12.3. The first-order chi connectivity index (χ1) is 8.37. The maximum absolute atomic E-state index is 10.0. The minimum absolute atomic E-state index is 0.205. The van der Waals surface area contributed by atoms with Gasteiger partial charge in [0.15, 0.2) is 0 Å². The number of hydrogen-bond donors (Lipinski definition) is 1. The Bertz CT molecular complexity index is 389. The number of phenols is 1. The standard InChI is InChI=1S/C16H26O2/c1-6-8-12-11-15(18-16(3,4)5)13(9-7-2)10-14(12)17/h10-11,17H,6-9H2,1-5H3. The third-order valence-corrected chi connectivity index (χ3v) is 2.72. The number of aromatic hydroxyl groups is 1. The van der Waals surface area contributed by atoms with Crippen LogP contribution in [0.5, 0.6) is 11.5 Å². The minimum Gasteiger partial charge on any atom is -0.508 e. The number of benzene rings is 1. The second kappa shape index (κ2) is 6.12. The second-order valence-electron chi connectivity index (χ2n) is 5.80. The third-order valence-electron chi connectivity index (χ3n) is 2.72. The molecule has 0 saturated carbocycles. The predicted octanol–water partition coefficient (Wildman–Crippen LogP) is 4.47. The first kappa shape index (κ1) is 14.9. The van der Waals surface area contributed by atoms with Crippen LogP contribution in [0.15, 0.2) is 12.1 Å². The Morgan fingerprint density at radius 3 is 2.06 bits per heavy atom. The highest BCUT2D eigenvalue weighted by Gasteiger charge is 2.16. The largest absolute Gasteiger partial charge is 0.508 e. The lowest BCUT2D eigenvalue weighted by molar-refractivity contribution is 0.129. The molecule has 1 aromatic rings. The Balaban J connectivity index is 3.13. The molecule has 0 atom stereocenters. The van der Waals surface area contributed by atoms with Gasteiger partial charge in [-0.2, -0.15) is 0 Å². The molecule has 2 heteroatoms. The van der Waals surface area contributed by atoms with Gasteiger partial charge in [-0.1, -0.05) is 26.7 Å². The van der Waals surface area contributed by atoms with Gasteiger partial charge in [0, 0.05) is 0 Å². The Kier molecular flexibility index (Phi) is 5.06. The van der Waals surface area contributed by atoms with Crippen LogP contribution < -0.4 is 4.74 Å². The predicted molar refractivity (Wildman–Crippen MR) is 76.5 cm³/mol. The van der Waals surface area contributed by atoms with Gasteiger partial charge in [0.2, 0.25) is 0 Å². The van der Waals surface area contributed by atoms with Crippen molar-refractivity contribution in [3.05, 3.63) is 23.3 Å². The summed E-state index contributed by atoms with van der Waals surface area (Å²) in [6.45, 7) is 10.4. The Morgan fingerprint density at radius 2 is 1.56 bits per heavy atom. The van der Waals surface area contributed by atoms with Gasteiger partial charge in [0.05, 0.1) is 0 Å². The lowest BCUT2D eigenvalue weighted by Crippen LogP contribution is -2.23. The van der Waals surface area contributed by atoms with Gasteiger partial charge >= 0.3 is 0 Å². The summed E-state index contributed by atoms with van der Waals surface area (Å²) in [6.07, 6.45) is 3.90. The Morgan fingerprint density at radius 1 is 1.00 bits per heavy atom. The quantitative estimate of drug-likeness (QED) is 0.835. The van der Waals surface area contributed by atoms with Crippen molar-refractivity contribution in [1.29, 1.82) is 0 Å². The summed E-state index contributed by atoms with van der Waals surface area (Å²) in [4.78, 5) is 0. The highest BCUT2D eigenvalue weighted by atomic mass is 16.5. The van der Waals surface area contributed by atoms with E-state index in [9.17, 15) is 5.11 Å². The second-order valence-corrected chi connectivity index (χ2v) is 5.80. The van der Waals surface area contributed by atoms with Crippen LogP contribution in [0.1, 0.15) is 58.6 Å². The van der Waals surface area contributed by atoms with Gasteiger partial charge in [0.25, 0.3) is 0 Å². The zero-order valence-corrected chi connectivity index (χ0v) is 12.3. The summed E-state index contributed by atoms with van der Waals surface area (Å²) in [5, 5.41) is 10.0. The van der Waals surface area contributed by atoms with E-state index in [-0.39, 0.29) is 5.60 Å². The fourth-order valence-electron chi connectivity index (χ4n) is 2.01. The molecule has 0 saturated heterocycles. The van der Waals surface area contributed by atoms with Gasteiger partial charge in [-0.15, -0.1) is 0 Å². The summed E-state index contributed by atoms with van der Waals surface area (Å²) >= 11 is 0. The van der Waals surface area contributed by atoms with Gasteiger partial charge < -0.3 is 9.84 Å². The molecule has 18 heavy (non-hydrogen) atoms. The van der Waals surface area contributed by atoms with Crippen LogP contribution in [0, 0.1) is 0 Å². The van der Waals surface area contributed by atoms with Crippen LogP contribution in [0.3, 0.4) is 0 Å². The topological polar surface area (TPSA) is 29.5 Å². The molecule has 1 N–H and O–H groups in total. The Labute approximate surface area is 111 Å². The molecule has 0 fully saturated rings. The molecule has 0 aromatic heterocycles. The van der Waals surface area contributed by atoms with E-state index in [0.29, 0.717) is 5.75 Å².